The van der Waals surface area contributed by atoms with Crippen LogP contribution < -0.4 is 5.01 Å². The van der Waals surface area contributed by atoms with Crippen LogP contribution in [0.3, 0.4) is 0 Å². The van der Waals surface area contributed by atoms with Crippen molar-refractivity contribution in [1.82, 2.24) is 0 Å². The van der Waals surface area contributed by atoms with E-state index in [-0.39, 0.29) is 23.3 Å². The number of hydrogen-bond acceptors (Lipinski definition) is 5. The van der Waals surface area contributed by atoms with Crippen molar-refractivity contribution >= 4 is 23.0 Å². The van der Waals surface area contributed by atoms with E-state index in [2.05, 4.69) is 0 Å². The highest BCUT2D eigenvalue weighted by Gasteiger charge is 2.31. The summed E-state index contributed by atoms with van der Waals surface area (Å²) in [5, 5.41) is 37.0. The van der Waals surface area contributed by atoms with Gasteiger partial charge in [0.15, 0.2) is 11.5 Å². The maximum Gasteiger partial charge on any atom is 0.157 e. The van der Waals surface area contributed by atoms with Gasteiger partial charge in [0.05, 0.1) is 17.4 Å². The Bertz CT molecular complexity index is 1020. The second-order valence-electron chi connectivity index (χ2n) is 6.35. The van der Waals surface area contributed by atoms with Gasteiger partial charge in [-0.05, 0) is 54.1 Å². The molecule has 1 heterocycles. The number of phenols is 3. The number of para-hydroxylation sites is 1. The van der Waals surface area contributed by atoms with E-state index in [9.17, 15) is 15.3 Å². The van der Waals surface area contributed by atoms with E-state index in [0.717, 1.165) is 17.0 Å². The summed E-state index contributed by atoms with van der Waals surface area (Å²) in [5.41, 5.74) is 3.04. The van der Waals surface area contributed by atoms with Gasteiger partial charge in [-0.2, -0.15) is 5.10 Å². The number of rotatable bonds is 3. The van der Waals surface area contributed by atoms with Crippen LogP contribution in [0.4, 0.5) is 5.69 Å². The van der Waals surface area contributed by atoms with Crippen LogP contribution in [0, 0.1) is 0 Å². The molecule has 3 aromatic carbocycles. The molecule has 4 rings (SSSR count). The third-order valence-electron chi connectivity index (χ3n) is 4.60. The molecule has 1 aliphatic rings. The third-order valence-corrected chi connectivity index (χ3v) is 4.85. The standard InChI is InChI=1S/C21H17ClN2O3/c22-14-6-8-15(9-7-14)24-18(13-5-10-20(26)21(27)11-13)12-17(23-24)16-3-1-2-4-19(16)25/h1-11,18,25-27H,12H2. The summed E-state index contributed by atoms with van der Waals surface area (Å²) in [5.74, 6) is -0.183. The average Bonchev–Trinajstić information content (AvgIpc) is 3.10. The van der Waals surface area contributed by atoms with Crippen LogP contribution in [0.5, 0.6) is 17.2 Å². The van der Waals surface area contributed by atoms with Gasteiger partial charge in [0, 0.05) is 17.0 Å². The molecule has 1 aliphatic heterocycles. The Morgan fingerprint density at radius 2 is 1.59 bits per heavy atom. The minimum absolute atomic E-state index is 0.168. The quantitative estimate of drug-likeness (QED) is 0.570. The van der Waals surface area contributed by atoms with E-state index in [1.54, 1.807) is 30.3 Å². The summed E-state index contributed by atoms with van der Waals surface area (Å²) in [7, 11) is 0. The van der Waals surface area contributed by atoms with Crippen molar-refractivity contribution < 1.29 is 15.3 Å². The lowest BCUT2D eigenvalue weighted by molar-refractivity contribution is 0.402. The molecule has 3 N–H and O–H groups in total. The highest BCUT2D eigenvalue weighted by atomic mass is 35.5. The van der Waals surface area contributed by atoms with Crippen molar-refractivity contribution in [3.05, 3.63) is 82.9 Å². The number of benzene rings is 3. The van der Waals surface area contributed by atoms with Gasteiger partial charge >= 0.3 is 0 Å². The molecule has 0 aromatic heterocycles. The van der Waals surface area contributed by atoms with Gasteiger partial charge in [-0.3, -0.25) is 5.01 Å². The number of hydrogen-bond donors (Lipinski definition) is 3. The minimum atomic E-state index is -0.202. The molecule has 0 saturated carbocycles. The van der Waals surface area contributed by atoms with Crippen LogP contribution in [-0.2, 0) is 0 Å². The number of aromatic hydroxyl groups is 3. The smallest absolute Gasteiger partial charge is 0.157 e. The molecule has 27 heavy (non-hydrogen) atoms. The molecule has 0 aliphatic carbocycles. The lowest BCUT2D eigenvalue weighted by Crippen LogP contribution is -2.18. The molecule has 0 spiro atoms. The van der Waals surface area contributed by atoms with E-state index in [0.29, 0.717) is 17.0 Å². The largest absolute Gasteiger partial charge is 0.507 e. The highest BCUT2D eigenvalue weighted by Crippen LogP contribution is 2.40. The molecule has 6 heteroatoms. The molecule has 0 amide bonds. The Kier molecular flexibility index (Phi) is 4.38. The van der Waals surface area contributed by atoms with Crippen molar-refractivity contribution in [1.29, 1.82) is 0 Å². The van der Waals surface area contributed by atoms with Crippen LogP contribution in [0.25, 0.3) is 0 Å². The van der Waals surface area contributed by atoms with Gasteiger partial charge in [0.1, 0.15) is 5.75 Å². The predicted octanol–water partition coefficient (Wildman–Crippen LogP) is 4.81. The van der Waals surface area contributed by atoms with Crippen molar-refractivity contribution in [2.45, 2.75) is 12.5 Å². The fourth-order valence-electron chi connectivity index (χ4n) is 3.23. The van der Waals surface area contributed by atoms with Crippen molar-refractivity contribution in [2.24, 2.45) is 5.10 Å². The molecule has 1 unspecified atom stereocenters. The minimum Gasteiger partial charge on any atom is -0.507 e. The van der Waals surface area contributed by atoms with E-state index < -0.39 is 0 Å². The van der Waals surface area contributed by atoms with E-state index in [4.69, 9.17) is 16.7 Å². The molecule has 0 saturated heterocycles. The lowest BCUT2D eigenvalue weighted by atomic mass is 9.97. The van der Waals surface area contributed by atoms with Crippen LogP contribution in [0.1, 0.15) is 23.6 Å². The number of hydrazone groups is 1. The van der Waals surface area contributed by atoms with Crippen LogP contribution in [0.15, 0.2) is 71.8 Å². The predicted molar refractivity (Wildman–Crippen MR) is 106 cm³/mol. The van der Waals surface area contributed by atoms with E-state index in [1.807, 2.05) is 29.3 Å². The van der Waals surface area contributed by atoms with Crippen molar-refractivity contribution in [3.63, 3.8) is 0 Å². The van der Waals surface area contributed by atoms with Gasteiger partial charge < -0.3 is 15.3 Å². The summed E-state index contributed by atoms with van der Waals surface area (Å²) in [6.07, 6.45) is 0.532. The van der Waals surface area contributed by atoms with Crippen LogP contribution >= 0.6 is 11.6 Å². The summed E-state index contributed by atoms with van der Waals surface area (Å²) >= 11 is 6.01. The molecule has 5 nitrogen and oxygen atoms in total. The SMILES string of the molecule is Oc1ccc(C2CC(c3ccccc3O)=NN2c2ccc(Cl)cc2)cc1O. The first kappa shape index (κ1) is 17.2. The maximum absolute atomic E-state index is 10.2. The Labute approximate surface area is 161 Å². The number of phenolic OH excluding ortho intramolecular Hbond substituents is 3. The normalized spacial score (nSPS) is 16.4. The Balaban J connectivity index is 1.79. The Hall–Kier alpha value is -3.18. The first-order valence-corrected chi connectivity index (χ1v) is 8.83. The zero-order valence-corrected chi connectivity index (χ0v) is 15.0. The lowest BCUT2D eigenvalue weighted by Gasteiger charge is -2.24. The van der Waals surface area contributed by atoms with Gasteiger partial charge in [0.2, 0.25) is 0 Å². The second kappa shape index (κ2) is 6.85. The zero-order valence-electron chi connectivity index (χ0n) is 14.2. The van der Waals surface area contributed by atoms with Gasteiger partial charge in [0.25, 0.3) is 0 Å². The molecule has 136 valence electrons. The van der Waals surface area contributed by atoms with Crippen molar-refractivity contribution in [2.75, 3.05) is 5.01 Å². The number of nitrogens with zero attached hydrogens (tertiary/aromatic N) is 2. The van der Waals surface area contributed by atoms with Gasteiger partial charge in [-0.1, -0.05) is 29.8 Å². The number of halogens is 1. The summed E-state index contributed by atoms with van der Waals surface area (Å²) in [6, 6.07) is 18.9. The average molecular weight is 381 g/mol. The van der Waals surface area contributed by atoms with Crippen LogP contribution in [-0.4, -0.2) is 21.0 Å². The Morgan fingerprint density at radius 3 is 2.30 bits per heavy atom. The second-order valence-corrected chi connectivity index (χ2v) is 6.79. The Morgan fingerprint density at radius 1 is 0.852 bits per heavy atom. The first-order chi connectivity index (χ1) is 13.0. The van der Waals surface area contributed by atoms with Crippen LogP contribution in [0.2, 0.25) is 5.02 Å². The van der Waals surface area contributed by atoms with Gasteiger partial charge in [-0.25, -0.2) is 0 Å². The number of anilines is 1. The molecular weight excluding hydrogens is 364 g/mol. The molecule has 3 aromatic rings. The third kappa shape index (κ3) is 3.29. The maximum atomic E-state index is 10.2. The first-order valence-electron chi connectivity index (χ1n) is 8.45. The molecular formula is C21H17ClN2O3. The van der Waals surface area contributed by atoms with Crippen molar-refractivity contribution in [3.8, 4) is 17.2 Å². The summed E-state index contributed by atoms with van der Waals surface area (Å²) in [4.78, 5) is 0. The monoisotopic (exact) mass is 380 g/mol. The highest BCUT2D eigenvalue weighted by molar-refractivity contribution is 6.30. The molecule has 0 bridgehead atoms. The van der Waals surface area contributed by atoms with Gasteiger partial charge in [-0.15, -0.1) is 0 Å². The van der Waals surface area contributed by atoms with E-state index in [1.165, 1.54) is 12.1 Å². The fourth-order valence-corrected chi connectivity index (χ4v) is 3.36. The topological polar surface area (TPSA) is 76.3 Å². The zero-order chi connectivity index (χ0) is 19.0. The molecule has 1 atom stereocenters. The van der Waals surface area contributed by atoms with E-state index >= 15 is 0 Å². The molecule has 0 radical (unpaired) electrons. The molecule has 0 fully saturated rings. The summed E-state index contributed by atoms with van der Waals surface area (Å²) < 4.78 is 0. The fraction of sp³-hybridized carbons (Fsp3) is 0.0952. The summed E-state index contributed by atoms with van der Waals surface area (Å²) in [6.45, 7) is 0.